The van der Waals surface area contributed by atoms with Crippen LogP contribution >= 0.6 is 15.9 Å². The number of aromatic carboxylic acids is 1. The highest BCUT2D eigenvalue weighted by atomic mass is 79.9. The average molecular weight is 350 g/mol. The second-order valence-electron chi connectivity index (χ2n) is 4.20. The Hall–Kier alpha value is -2.41. The molecule has 108 valence electrons. The topological polar surface area (TPSA) is 82.5 Å². The molecule has 21 heavy (non-hydrogen) atoms. The number of amides is 2. The van der Waals surface area contributed by atoms with Crippen LogP contribution in [0.3, 0.4) is 0 Å². The van der Waals surface area contributed by atoms with Crippen LogP contribution < -0.4 is 10.2 Å². The van der Waals surface area contributed by atoms with Gasteiger partial charge in [0.15, 0.2) is 0 Å². The quantitative estimate of drug-likeness (QED) is 0.891. The van der Waals surface area contributed by atoms with E-state index in [0.717, 1.165) is 0 Å². The van der Waals surface area contributed by atoms with Gasteiger partial charge in [-0.1, -0.05) is 15.9 Å². The first kappa shape index (κ1) is 15.0. The summed E-state index contributed by atoms with van der Waals surface area (Å²) in [6, 6.07) is 7.55. The third-order valence-corrected chi connectivity index (χ3v) is 3.28. The molecule has 1 aromatic carbocycles. The van der Waals surface area contributed by atoms with E-state index in [-0.39, 0.29) is 11.3 Å². The molecule has 0 fully saturated rings. The highest BCUT2D eigenvalue weighted by Gasteiger charge is 2.16. The first-order valence-electron chi connectivity index (χ1n) is 5.96. The van der Waals surface area contributed by atoms with Crippen LogP contribution in [0.5, 0.6) is 0 Å². The number of nitrogens with zero attached hydrogens (tertiary/aromatic N) is 2. The number of nitrogens with one attached hydrogen (secondary N) is 1. The lowest BCUT2D eigenvalue weighted by Gasteiger charge is -2.18. The fourth-order valence-corrected chi connectivity index (χ4v) is 2.04. The van der Waals surface area contributed by atoms with Crippen LogP contribution in [0, 0.1) is 0 Å². The number of halogens is 1. The zero-order valence-corrected chi connectivity index (χ0v) is 12.7. The maximum Gasteiger partial charge on any atom is 0.337 e. The zero-order chi connectivity index (χ0) is 15.4. The summed E-state index contributed by atoms with van der Waals surface area (Å²) < 4.78 is 0.673. The Balaban J connectivity index is 2.24. The molecule has 0 aliphatic carbocycles. The normalized spacial score (nSPS) is 10.0. The number of carbonyl (C=O) groups is 2. The highest BCUT2D eigenvalue weighted by Crippen LogP contribution is 2.22. The lowest BCUT2D eigenvalue weighted by molar-refractivity contribution is 0.0698. The monoisotopic (exact) mass is 349 g/mol. The Morgan fingerprint density at radius 1 is 1.33 bits per heavy atom. The van der Waals surface area contributed by atoms with Gasteiger partial charge in [0.05, 0.1) is 23.1 Å². The van der Waals surface area contributed by atoms with E-state index in [4.69, 9.17) is 5.11 Å². The van der Waals surface area contributed by atoms with Crippen molar-refractivity contribution in [1.29, 1.82) is 0 Å². The predicted molar refractivity (Wildman–Crippen MR) is 82.8 cm³/mol. The van der Waals surface area contributed by atoms with Crippen molar-refractivity contribution >= 4 is 39.3 Å². The number of pyridine rings is 1. The first-order valence-corrected chi connectivity index (χ1v) is 6.76. The van der Waals surface area contributed by atoms with Gasteiger partial charge in [0.25, 0.3) is 0 Å². The van der Waals surface area contributed by atoms with E-state index in [1.54, 1.807) is 43.7 Å². The van der Waals surface area contributed by atoms with Crippen LogP contribution in [0.2, 0.25) is 0 Å². The molecule has 2 aromatic rings. The second-order valence-corrected chi connectivity index (χ2v) is 5.11. The number of rotatable bonds is 3. The zero-order valence-electron chi connectivity index (χ0n) is 11.1. The van der Waals surface area contributed by atoms with Gasteiger partial charge in [0.2, 0.25) is 0 Å². The average Bonchev–Trinajstić information content (AvgIpc) is 2.47. The van der Waals surface area contributed by atoms with Crippen LogP contribution in [0.1, 0.15) is 10.4 Å². The van der Waals surface area contributed by atoms with Gasteiger partial charge in [0.1, 0.15) is 0 Å². The fraction of sp³-hybridized carbons (Fsp3) is 0.0714. The molecule has 1 aromatic heterocycles. The number of aromatic nitrogens is 1. The molecule has 2 N–H and O–H groups in total. The van der Waals surface area contributed by atoms with E-state index in [2.05, 4.69) is 26.2 Å². The van der Waals surface area contributed by atoms with Gasteiger partial charge in [-0.15, -0.1) is 0 Å². The van der Waals surface area contributed by atoms with Gasteiger partial charge < -0.3 is 10.4 Å². The van der Waals surface area contributed by atoms with Crippen molar-refractivity contribution in [3.63, 3.8) is 0 Å². The minimum atomic E-state index is -1.11. The SMILES string of the molecule is CN(C(=O)Nc1cc(Br)ccc1C(=O)O)c1cccnc1. The fourth-order valence-electron chi connectivity index (χ4n) is 1.67. The van der Waals surface area contributed by atoms with Crippen molar-refractivity contribution in [3.05, 3.63) is 52.8 Å². The highest BCUT2D eigenvalue weighted by molar-refractivity contribution is 9.10. The molecule has 0 unspecified atom stereocenters. The number of carbonyl (C=O) groups excluding carboxylic acids is 1. The Labute approximate surface area is 129 Å². The summed E-state index contributed by atoms with van der Waals surface area (Å²) in [6.45, 7) is 0. The number of hydrogen-bond donors (Lipinski definition) is 2. The number of carboxylic acid groups (broad SMARTS) is 1. The number of carboxylic acids is 1. The summed E-state index contributed by atoms with van der Waals surface area (Å²) in [6.07, 6.45) is 3.14. The molecular weight excluding hydrogens is 338 g/mol. The van der Waals surface area contributed by atoms with Gasteiger partial charge in [-0.05, 0) is 30.3 Å². The Morgan fingerprint density at radius 2 is 2.10 bits per heavy atom. The van der Waals surface area contributed by atoms with E-state index in [9.17, 15) is 9.59 Å². The van der Waals surface area contributed by atoms with E-state index in [0.29, 0.717) is 10.2 Å². The van der Waals surface area contributed by atoms with E-state index in [1.165, 1.54) is 11.0 Å². The van der Waals surface area contributed by atoms with E-state index in [1.807, 2.05) is 0 Å². The van der Waals surface area contributed by atoms with Gasteiger partial charge in [-0.2, -0.15) is 0 Å². The lowest BCUT2D eigenvalue weighted by atomic mass is 10.2. The molecule has 6 nitrogen and oxygen atoms in total. The molecule has 0 atom stereocenters. The molecule has 2 amide bonds. The van der Waals surface area contributed by atoms with Gasteiger partial charge in [0, 0.05) is 17.7 Å². The Bertz CT molecular complexity index is 676. The molecule has 0 saturated carbocycles. The molecule has 2 rings (SSSR count). The summed E-state index contributed by atoms with van der Waals surface area (Å²) >= 11 is 3.25. The summed E-state index contributed by atoms with van der Waals surface area (Å²) in [5.41, 5.74) is 0.839. The number of anilines is 2. The minimum Gasteiger partial charge on any atom is -0.478 e. The summed E-state index contributed by atoms with van der Waals surface area (Å²) in [5.74, 6) is -1.11. The molecule has 1 heterocycles. The van der Waals surface area contributed by atoms with Crippen molar-refractivity contribution in [2.75, 3.05) is 17.3 Å². The maximum absolute atomic E-state index is 12.2. The molecule has 0 spiro atoms. The number of hydrogen-bond acceptors (Lipinski definition) is 3. The van der Waals surface area contributed by atoms with Crippen LogP contribution in [-0.2, 0) is 0 Å². The Morgan fingerprint density at radius 3 is 2.71 bits per heavy atom. The largest absolute Gasteiger partial charge is 0.478 e. The maximum atomic E-state index is 12.2. The van der Waals surface area contributed by atoms with Gasteiger partial charge >= 0.3 is 12.0 Å². The molecule has 0 saturated heterocycles. The minimum absolute atomic E-state index is 0.0196. The molecular formula is C14H12BrN3O3. The number of urea groups is 1. The van der Waals surface area contributed by atoms with Crippen LogP contribution in [-0.4, -0.2) is 29.1 Å². The van der Waals surface area contributed by atoms with Gasteiger partial charge in [-0.3, -0.25) is 9.88 Å². The Kier molecular flexibility index (Phi) is 4.54. The third kappa shape index (κ3) is 3.57. The summed E-state index contributed by atoms with van der Waals surface area (Å²) in [4.78, 5) is 28.6. The molecule has 7 heteroatoms. The summed E-state index contributed by atoms with van der Waals surface area (Å²) in [5, 5.41) is 11.7. The van der Waals surface area contributed by atoms with Crippen molar-refractivity contribution < 1.29 is 14.7 Å². The smallest absolute Gasteiger partial charge is 0.337 e. The molecule has 0 aliphatic heterocycles. The van der Waals surface area contributed by atoms with Crippen LogP contribution in [0.4, 0.5) is 16.2 Å². The van der Waals surface area contributed by atoms with Crippen molar-refractivity contribution in [2.45, 2.75) is 0 Å². The predicted octanol–water partition coefficient (Wildman–Crippen LogP) is 3.21. The van der Waals surface area contributed by atoms with Gasteiger partial charge in [-0.25, -0.2) is 9.59 Å². The first-order chi connectivity index (χ1) is 9.99. The second kappa shape index (κ2) is 6.36. The van der Waals surface area contributed by atoms with Crippen molar-refractivity contribution in [2.24, 2.45) is 0 Å². The number of benzene rings is 1. The van der Waals surface area contributed by atoms with Crippen molar-refractivity contribution in [1.82, 2.24) is 4.98 Å². The standard InChI is InChI=1S/C14H12BrN3O3/c1-18(10-3-2-6-16-8-10)14(21)17-12-7-9(15)4-5-11(12)13(19)20/h2-8H,1H3,(H,17,21)(H,19,20). The van der Waals surface area contributed by atoms with Crippen LogP contribution in [0.25, 0.3) is 0 Å². The van der Waals surface area contributed by atoms with E-state index >= 15 is 0 Å². The van der Waals surface area contributed by atoms with Crippen LogP contribution in [0.15, 0.2) is 47.2 Å². The molecule has 0 radical (unpaired) electrons. The lowest BCUT2D eigenvalue weighted by Crippen LogP contribution is -2.31. The third-order valence-electron chi connectivity index (χ3n) is 2.79. The molecule has 0 bridgehead atoms. The van der Waals surface area contributed by atoms with E-state index < -0.39 is 12.0 Å². The summed E-state index contributed by atoms with van der Waals surface area (Å²) in [7, 11) is 1.57. The molecule has 0 aliphatic rings. The van der Waals surface area contributed by atoms with Crippen molar-refractivity contribution in [3.8, 4) is 0 Å².